The van der Waals surface area contributed by atoms with Crippen LogP contribution in [0.5, 0.6) is 0 Å². The maximum absolute atomic E-state index is 12.6. The number of Topliss-reactive ketones (excluding diaryl/α,β-unsaturated/α-hetero) is 1. The van der Waals surface area contributed by atoms with Gasteiger partial charge in [-0.1, -0.05) is 36.5 Å². The number of hydrogen-bond acceptors (Lipinski definition) is 5. The Balaban J connectivity index is 1.32. The maximum Gasteiger partial charge on any atom is 0.303 e. The monoisotopic (exact) mass is 448 g/mol. The Morgan fingerprint density at radius 3 is 2.32 bits per heavy atom. The normalized spacial score (nSPS) is 24.0. The van der Waals surface area contributed by atoms with Crippen molar-refractivity contribution in [2.75, 3.05) is 39.3 Å². The van der Waals surface area contributed by atoms with Gasteiger partial charge in [-0.05, 0) is 12.8 Å². The molecule has 1 amide bonds. The minimum atomic E-state index is -0.965. The Morgan fingerprint density at radius 1 is 1.00 bits per heavy atom. The van der Waals surface area contributed by atoms with Gasteiger partial charge in [0.15, 0.2) is 5.78 Å². The zero-order valence-corrected chi connectivity index (χ0v) is 18.3. The first-order valence-corrected chi connectivity index (χ1v) is 11.1. The van der Waals surface area contributed by atoms with Gasteiger partial charge < -0.3 is 14.7 Å². The molecule has 1 N–H and O–H groups in total. The fourth-order valence-electron chi connectivity index (χ4n) is 3.74. The number of hydrogen-bond donors (Lipinski definition) is 1. The summed E-state index contributed by atoms with van der Waals surface area (Å²) in [5.41, 5.74) is 1.29. The maximum atomic E-state index is 12.6. The average molecular weight is 449 g/mol. The van der Waals surface area contributed by atoms with E-state index in [4.69, 9.17) is 21.4 Å². The summed E-state index contributed by atoms with van der Waals surface area (Å²) in [5, 5.41) is 8.65. The lowest BCUT2D eigenvalue weighted by molar-refractivity contribution is -0.138. The van der Waals surface area contributed by atoms with Crippen molar-refractivity contribution in [3.8, 4) is 0 Å². The van der Waals surface area contributed by atoms with Crippen molar-refractivity contribution in [1.82, 2.24) is 9.80 Å². The Hall–Kier alpha value is -2.22. The molecule has 0 aromatic rings. The van der Waals surface area contributed by atoms with E-state index in [9.17, 15) is 14.4 Å². The van der Waals surface area contributed by atoms with Crippen molar-refractivity contribution in [2.24, 2.45) is 0 Å². The summed E-state index contributed by atoms with van der Waals surface area (Å²) in [6.07, 6.45) is 12.1. The van der Waals surface area contributed by atoms with Crippen LogP contribution in [0.2, 0.25) is 0 Å². The molecule has 2 aliphatic carbocycles. The zero-order chi connectivity index (χ0) is 22.2. The van der Waals surface area contributed by atoms with Crippen molar-refractivity contribution in [3.05, 3.63) is 47.6 Å². The summed E-state index contributed by atoms with van der Waals surface area (Å²) in [6, 6.07) is 0. The lowest BCUT2D eigenvalue weighted by Gasteiger charge is -2.35. The number of carbonyl (C=O) groups is 3. The Kier molecular flexibility index (Phi) is 8.63. The molecule has 0 bridgehead atoms. The third-order valence-corrected chi connectivity index (χ3v) is 5.97. The standard InChI is InChI=1S/C23H29ClN2O5/c24-19-5-1-18(2-6-19)23(30)26-13-11-25(12-14-26)15-16-31-20-7-3-17(4-8-20)21(27)9-10-22(28)29/h1-5,7,19-20H,6,8-16H2,(H,28,29). The van der Waals surface area contributed by atoms with Gasteiger partial charge in [0.1, 0.15) is 0 Å². The summed E-state index contributed by atoms with van der Waals surface area (Å²) in [6.45, 7) is 4.38. The molecule has 0 aromatic carbocycles. The number of allylic oxidation sites excluding steroid dienone is 4. The molecule has 3 aliphatic rings. The molecule has 0 spiro atoms. The zero-order valence-electron chi connectivity index (χ0n) is 17.5. The highest BCUT2D eigenvalue weighted by molar-refractivity contribution is 6.22. The minimum Gasteiger partial charge on any atom is -0.481 e. The second kappa shape index (κ2) is 11.4. The topological polar surface area (TPSA) is 87.1 Å². The van der Waals surface area contributed by atoms with Gasteiger partial charge >= 0.3 is 5.97 Å². The lowest BCUT2D eigenvalue weighted by atomic mass is 9.99. The number of carboxylic acid groups (broad SMARTS) is 1. The quantitative estimate of drug-likeness (QED) is 0.545. The molecule has 0 aromatic heterocycles. The van der Waals surface area contributed by atoms with Crippen LogP contribution in [0.25, 0.3) is 0 Å². The van der Waals surface area contributed by atoms with Crippen LogP contribution in [0, 0.1) is 0 Å². The molecular formula is C23H29ClN2O5. The van der Waals surface area contributed by atoms with Crippen LogP contribution in [-0.2, 0) is 19.1 Å². The molecule has 31 heavy (non-hydrogen) atoms. The number of ketones is 1. The van der Waals surface area contributed by atoms with E-state index >= 15 is 0 Å². The third-order valence-electron chi connectivity index (χ3n) is 5.64. The van der Waals surface area contributed by atoms with Gasteiger partial charge in [0, 0.05) is 50.3 Å². The molecule has 3 rings (SSSR count). The van der Waals surface area contributed by atoms with Gasteiger partial charge in [-0.25, -0.2) is 0 Å². The molecule has 7 nitrogen and oxygen atoms in total. The molecule has 0 radical (unpaired) electrons. The number of carboxylic acids is 1. The molecule has 1 heterocycles. The lowest BCUT2D eigenvalue weighted by Crippen LogP contribution is -2.49. The predicted molar refractivity (Wildman–Crippen MR) is 118 cm³/mol. The van der Waals surface area contributed by atoms with Crippen molar-refractivity contribution >= 4 is 29.3 Å². The Labute approximate surface area is 187 Å². The summed E-state index contributed by atoms with van der Waals surface area (Å²) < 4.78 is 5.90. The largest absolute Gasteiger partial charge is 0.481 e. The van der Waals surface area contributed by atoms with E-state index in [1.165, 1.54) is 0 Å². The van der Waals surface area contributed by atoms with Gasteiger partial charge in [0.25, 0.3) is 5.91 Å². The van der Waals surface area contributed by atoms with E-state index in [0.29, 0.717) is 38.1 Å². The molecule has 1 aliphatic heterocycles. The Bertz CT molecular complexity index is 809. The van der Waals surface area contributed by atoms with Crippen molar-refractivity contribution in [3.63, 3.8) is 0 Å². The fraction of sp³-hybridized carbons (Fsp3) is 0.522. The summed E-state index contributed by atoms with van der Waals surface area (Å²) in [7, 11) is 0. The average Bonchev–Trinajstić information content (AvgIpc) is 2.78. The van der Waals surface area contributed by atoms with Crippen LogP contribution in [0.3, 0.4) is 0 Å². The number of aliphatic carboxylic acids is 1. The Morgan fingerprint density at radius 2 is 1.71 bits per heavy atom. The van der Waals surface area contributed by atoms with E-state index < -0.39 is 5.97 Å². The van der Waals surface area contributed by atoms with E-state index in [-0.39, 0.29) is 36.0 Å². The van der Waals surface area contributed by atoms with Crippen molar-refractivity contribution in [2.45, 2.75) is 37.2 Å². The van der Waals surface area contributed by atoms with Crippen molar-refractivity contribution in [1.29, 1.82) is 0 Å². The first-order chi connectivity index (χ1) is 14.9. The molecular weight excluding hydrogens is 420 g/mol. The number of carbonyl (C=O) groups excluding carboxylic acids is 2. The van der Waals surface area contributed by atoms with Gasteiger partial charge in [0.2, 0.25) is 0 Å². The smallest absolute Gasteiger partial charge is 0.303 e. The first-order valence-electron chi connectivity index (χ1n) is 10.7. The molecule has 168 valence electrons. The fourth-order valence-corrected chi connectivity index (χ4v) is 3.90. The van der Waals surface area contributed by atoms with E-state index in [1.807, 2.05) is 35.3 Å². The van der Waals surface area contributed by atoms with Crippen LogP contribution >= 0.6 is 11.6 Å². The number of amides is 1. The number of alkyl halides is 1. The third kappa shape index (κ3) is 7.16. The number of rotatable bonds is 9. The summed E-state index contributed by atoms with van der Waals surface area (Å²) >= 11 is 6.02. The van der Waals surface area contributed by atoms with E-state index in [1.54, 1.807) is 6.08 Å². The van der Waals surface area contributed by atoms with Crippen LogP contribution in [-0.4, -0.2) is 83.4 Å². The molecule has 2 unspecified atom stereocenters. The molecule has 0 saturated carbocycles. The van der Waals surface area contributed by atoms with Gasteiger partial charge in [0.05, 0.1) is 24.5 Å². The molecule has 2 atom stereocenters. The minimum absolute atomic E-state index is 0.0201. The molecule has 1 fully saturated rings. The summed E-state index contributed by atoms with van der Waals surface area (Å²) in [5.74, 6) is -1.04. The molecule has 8 heteroatoms. The van der Waals surface area contributed by atoms with E-state index in [0.717, 1.165) is 25.2 Å². The van der Waals surface area contributed by atoms with Crippen molar-refractivity contribution < 1.29 is 24.2 Å². The SMILES string of the molecule is O=C(O)CCC(=O)C1=CCC(OCCN2CCN(C(=O)C3=CCC(Cl)C=C3)CC2)C=C1. The van der Waals surface area contributed by atoms with Gasteiger partial charge in [-0.3, -0.25) is 19.3 Å². The number of halogens is 1. The van der Waals surface area contributed by atoms with Crippen LogP contribution in [0.4, 0.5) is 0 Å². The van der Waals surface area contributed by atoms with Crippen LogP contribution in [0.15, 0.2) is 47.6 Å². The highest BCUT2D eigenvalue weighted by atomic mass is 35.5. The summed E-state index contributed by atoms with van der Waals surface area (Å²) in [4.78, 5) is 39.3. The van der Waals surface area contributed by atoms with Gasteiger partial charge in [-0.2, -0.15) is 0 Å². The van der Waals surface area contributed by atoms with Gasteiger partial charge in [-0.15, -0.1) is 11.6 Å². The predicted octanol–water partition coefficient (Wildman–Crippen LogP) is 2.33. The molecule has 1 saturated heterocycles. The van der Waals surface area contributed by atoms with Crippen LogP contribution < -0.4 is 0 Å². The first kappa shape index (κ1) is 23.4. The highest BCUT2D eigenvalue weighted by Crippen LogP contribution is 2.18. The van der Waals surface area contributed by atoms with Crippen LogP contribution in [0.1, 0.15) is 25.7 Å². The second-order valence-corrected chi connectivity index (χ2v) is 8.45. The van der Waals surface area contributed by atoms with E-state index in [2.05, 4.69) is 4.90 Å². The highest BCUT2D eigenvalue weighted by Gasteiger charge is 2.24. The number of nitrogens with zero attached hydrogens (tertiary/aromatic N) is 2. The second-order valence-electron chi connectivity index (χ2n) is 7.88. The number of piperazine rings is 1. The number of ether oxygens (including phenoxy) is 1.